The van der Waals surface area contributed by atoms with Gasteiger partial charge in [-0.25, -0.2) is 23.3 Å². The minimum Gasteiger partial charge on any atom is -0.475 e. The van der Waals surface area contributed by atoms with E-state index in [0.29, 0.717) is 24.0 Å². The molecule has 1 atom stereocenters. The van der Waals surface area contributed by atoms with E-state index in [1.807, 2.05) is 0 Å². The van der Waals surface area contributed by atoms with Gasteiger partial charge in [0.1, 0.15) is 12.4 Å². The molecule has 2 aromatic carbocycles. The SMILES string of the molecule is NCCOc1cnc2ccc(C(=O)c3c(Cl)ccc(CCCNS(=O)O)c3F)cc2n1. The van der Waals surface area contributed by atoms with Gasteiger partial charge in [-0.15, -0.1) is 0 Å². The van der Waals surface area contributed by atoms with E-state index >= 15 is 4.39 Å². The van der Waals surface area contributed by atoms with Crippen LogP contribution in [-0.2, 0) is 17.7 Å². The highest BCUT2D eigenvalue weighted by Gasteiger charge is 2.21. The van der Waals surface area contributed by atoms with Crippen LogP contribution in [0.4, 0.5) is 4.39 Å². The third-order valence-corrected chi connectivity index (χ3v) is 5.16. The first-order valence-electron chi connectivity index (χ1n) is 9.36. The van der Waals surface area contributed by atoms with Gasteiger partial charge in [-0.1, -0.05) is 17.7 Å². The number of hydrogen-bond donors (Lipinski definition) is 3. The normalized spacial score (nSPS) is 12.1. The first kappa shape index (κ1) is 23.2. The molecule has 3 rings (SSSR count). The summed E-state index contributed by atoms with van der Waals surface area (Å²) in [4.78, 5) is 21.6. The summed E-state index contributed by atoms with van der Waals surface area (Å²) >= 11 is 4.01. The zero-order valence-corrected chi connectivity index (χ0v) is 17.9. The van der Waals surface area contributed by atoms with Crippen LogP contribution in [0.3, 0.4) is 0 Å². The van der Waals surface area contributed by atoms with Crippen LogP contribution in [0.5, 0.6) is 5.88 Å². The van der Waals surface area contributed by atoms with Crippen LogP contribution in [0.25, 0.3) is 11.0 Å². The molecule has 4 N–H and O–H groups in total. The minimum atomic E-state index is -2.13. The van der Waals surface area contributed by atoms with E-state index in [0.717, 1.165) is 0 Å². The van der Waals surface area contributed by atoms with Gasteiger partial charge >= 0.3 is 0 Å². The van der Waals surface area contributed by atoms with Crippen LogP contribution in [0.2, 0.25) is 5.02 Å². The van der Waals surface area contributed by atoms with Crippen molar-refractivity contribution in [1.29, 1.82) is 0 Å². The van der Waals surface area contributed by atoms with Crippen molar-refractivity contribution in [3.63, 3.8) is 0 Å². The van der Waals surface area contributed by atoms with E-state index in [-0.39, 0.29) is 47.2 Å². The summed E-state index contributed by atoms with van der Waals surface area (Å²) in [7, 11) is 0. The summed E-state index contributed by atoms with van der Waals surface area (Å²) in [6.45, 7) is 0.808. The number of nitrogens with zero attached hydrogens (tertiary/aromatic N) is 2. The van der Waals surface area contributed by atoms with E-state index in [9.17, 15) is 9.00 Å². The predicted octanol–water partition coefficient (Wildman–Crippen LogP) is 2.65. The maximum absolute atomic E-state index is 15.1. The molecule has 0 amide bonds. The van der Waals surface area contributed by atoms with Gasteiger partial charge in [0.05, 0.1) is 27.8 Å². The lowest BCUT2D eigenvalue weighted by Crippen LogP contribution is -2.18. The Morgan fingerprint density at radius 1 is 1.29 bits per heavy atom. The Hall–Kier alpha value is -2.50. The molecule has 8 nitrogen and oxygen atoms in total. The summed E-state index contributed by atoms with van der Waals surface area (Å²) in [6, 6.07) is 7.60. The number of benzene rings is 2. The second-order valence-corrected chi connectivity index (χ2v) is 7.71. The molecule has 31 heavy (non-hydrogen) atoms. The van der Waals surface area contributed by atoms with E-state index < -0.39 is 22.9 Å². The number of hydrogen-bond acceptors (Lipinski definition) is 6. The Morgan fingerprint density at radius 2 is 2.10 bits per heavy atom. The third kappa shape index (κ3) is 5.81. The van der Waals surface area contributed by atoms with Crippen molar-refractivity contribution in [1.82, 2.24) is 14.7 Å². The standard InChI is InChI=1S/C20H20ClFN4O4S/c21-14-5-3-12(2-1-8-25-31(28)29)19(22)18(14)20(27)13-4-6-15-16(10-13)26-17(11-24-15)30-9-7-23/h3-6,10-11,25H,1-2,7-9,23H2,(H,28,29). The molecule has 0 saturated heterocycles. The molecule has 3 aromatic rings. The molecule has 0 aliphatic heterocycles. The van der Waals surface area contributed by atoms with Crippen molar-refractivity contribution >= 4 is 39.7 Å². The number of rotatable bonds is 10. The monoisotopic (exact) mass is 466 g/mol. The minimum absolute atomic E-state index is 0.00736. The van der Waals surface area contributed by atoms with Crippen molar-refractivity contribution in [2.24, 2.45) is 5.73 Å². The number of halogens is 2. The zero-order valence-electron chi connectivity index (χ0n) is 16.3. The van der Waals surface area contributed by atoms with Crippen LogP contribution in [-0.4, -0.2) is 44.2 Å². The first-order valence-corrected chi connectivity index (χ1v) is 10.8. The van der Waals surface area contributed by atoms with Crippen molar-refractivity contribution in [2.45, 2.75) is 12.8 Å². The fourth-order valence-electron chi connectivity index (χ4n) is 2.95. The Morgan fingerprint density at radius 3 is 2.84 bits per heavy atom. The first-order chi connectivity index (χ1) is 14.9. The fourth-order valence-corrected chi connectivity index (χ4v) is 3.50. The molecule has 1 unspecified atom stereocenters. The van der Waals surface area contributed by atoms with Crippen molar-refractivity contribution in [2.75, 3.05) is 19.7 Å². The number of ether oxygens (including phenoxy) is 1. The molecule has 0 aliphatic carbocycles. The van der Waals surface area contributed by atoms with Gasteiger partial charge in [-0.2, -0.15) is 0 Å². The summed E-state index contributed by atoms with van der Waals surface area (Å²) < 4.78 is 42.1. The third-order valence-electron chi connectivity index (χ3n) is 4.40. The maximum Gasteiger partial charge on any atom is 0.232 e. The summed E-state index contributed by atoms with van der Waals surface area (Å²) in [5.41, 5.74) is 6.63. The summed E-state index contributed by atoms with van der Waals surface area (Å²) in [5, 5.41) is -0.00736. The molecule has 0 radical (unpaired) electrons. The Bertz CT molecular complexity index is 1130. The second kappa shape index (κ2) is 10.7. The van der Waals surface area contributed by atoms with E-state index in [2.05, 4.69) is 14.7 Å². The lowest BCUT2D eigenvalue weighted by Gasteiger charge is -2.11. The predicted molar refractivity (Wildman–Crippen MR) is 116 cm³/mol. The van der Waals surface area contributed by atoms with Crippen LogP contribution in [0, 0.1) is 5.82 Å². The number of nitrogens with two attached hydrogens (primary N) is 1. The number of carbonyl (C=O) groups is 1. The molecule has 0 fully saturated rings. The average molecular weight is 467 g/mol. The Kier molecular flexibility index (Phi) is 7.99. The van der Waals surface area contributed by atoms with Gasteiger partial charge in [0.2, 0.25) is 17.1 Å². The lowest BCUT2D eigenvalue weighted by molar-refractivity contribution is 0.103. The molecule has 0 bridgehead atoms. The molecule has 0 aliphatic rings. The number of nitrogens with one attached hydrogen (secondary N) is 1. The molecular weight excluding hydrogens is 447 g/mol. The molecule has 1 aromatic heterocycles. The van der Waals surface area contributed by atoms with Crippen LogP contribution < -0.4 is 15.2 Å². The lowest BCUT2D eigenvalue weighted by atomic mass is 9.98. The molecule has 0 spiro atoms. The number of ketones is 1. The zero-order chi connectivity index (χ0) is 22.4. The Labute approximate surface area is 185 Å². The van der Waals surface area contributed by atoms with E-state index in [4.69, 9.17) is 26.6 Å². The van der Waals surface area contributed by atoms with E-state index in [1.54, 1.807) is 6.07 Å². The second-order valence-electron chi connectivity index (χ2n) is 6.52. The maximum atomic E-state index is 15.1. The van der Waals surface area contributed by atoms with Gasteiger partial charge in [0.25, 0.3) is 0 Å². The van der Waals surface area contributed by atoms with Gasteiger partial charge in [-0.05, 0) is 42.7 Å². The van der Waals surface area contributed by atoms with Crippen LogP contribution in [0.15, 0.2) is 36.5 Å². The fraction of sp³-hybridized carbons (Fsp3) is 0.250. The summed E-state index contributed by atoms with van der Waals surface area (Å²) in [5.74, 6) is -1.03. The van der Waals surface area contributed by atoms with Crippen LogP contribution >= 0.6 is 11.6 Å². The van der Waals surface area contributed by atoms with Gasteiger partial charge < -0.3 is 10.5 Å². The molecular formula is C20H20ClFN4O4S. The van der Waals surface area contributed by atoms with Gasteiger partial charge in [0, 0.05) is 18.7 Å². The van der Waals surface area contributed by atoms with Gasteiger partial charge in [0.15, 0.2) is 5.78 Å². The number of carbonyl (C=O) groups excluding carboxylic acids is 1. The van der Waals surface area contributed by atoms with Crippen LogP contribution in [0.1, 0.15) is 27.9 Å². The largest absolute Gasteiger partial charge is 0.475 e. The highest BCUT2D eigenvalue weighted by molar-refractivity contribution is 7.77. The average Bonchev–Trinajstić information content (AvgIpc) is 2.75. The summed E-state index contributed by atoms with van der Waals surface area (Å²) in [6.07, 6.45) is 2.12. The van der Waals surface area contributed by atoms with Crippen molar-refractivity contribution in [3.05, 3.63) is 64.1 Å². The highest BCUT2D eigenvalue weighted by atomic mass is 35.5. The van der Waals surface area contributed by atoms with Gasteiger partial charge in [-0.3, -0.25) is 9.35 Å². The van der Waals surface area contributed by atoms with Crippen molar-refractivity contribution in [3.8, 4) is 5.88 Å². The van der Waals surface area contributed by atoms with Crippen molar-refractivity contribution < 1.29 is 22.7 Å². The topological polar surface area (TPSA) is 127 Å². The number of aromatic nitrogens is 2. The smallest absolute Gasteiger partial charge is 0.232 e. The number of fused-ring (bicyclic) bond motifs is 1. The Balaban J connectivity index is 1.88. The molecule has 164 valence electrons. The molecule has 11 heteroatoms. The molecule has 0 saturated carbocycles. The van der Waals surface area contributed by atoms with E-state index in [1.165, 1.54) is 30.5 Å². The quantitative estimate of drug-likeness (QED) is 0.238. The number of aryl methyl sites for hydroxylation is 1. The molecule has 1 heterocycles. The highest BCUT2D eigenvalue weighted by Crippen LogP contribution is 2.27.